The molecule has 1 saturated heterocycles. The maximum Gasteiger partial charge on any atom is 0.356 e. The highest BCUT2D eigenvalue weighted by Gasteiger charge is 2.30. The number of anilines is 2. The summed E-state index contributed by atoms with van der Waals surface area (Å²) in [5.74, 6) is -0.152. The summed E-state index contributed by atoms with van der Waals surface area (Å²) in [5.41, 5.74) is 4.48. The second kappa shape index (κ2) is 13.5. The topological polar surface area (TPSA) is 104 Å². The molecular formula is C33H38N4O5. The van der Waals surface area contributed by atoms with E-state index in [0.29, 0.717) is 48.6 Å². The van der Waals surface area contributed by atoms with Gasteiger partial charge in [0.2, 0.25) is 5.91 Å². The molecular weight excluding hydrogens is 532 g/mol. The molecule has 0 aliphatic carbocycles. The first-order valence-corrected chi connectivity index (χ1v) is 14.4. The molecule has 220 valence electrons. The Morgan fingerprint density at radius 1 is 1.10 bits per heavy atom. The SMILES string of the molecule is COC(=O)c1c(NC(=O)C2CCOC2)c2cc(NC(C)Cc3cccc(OC)c3)cnc2n1CCCc1ccccc1. The van der Waals surface area contributed by atoms with E-state index in [9.17, 15) is 9.59 Å². The number of hydrogen-bond acceptors (Lipinski definition) is 7. The molecule has 1 amide bonds. The Labute approximate surface area is 246 Å². The molecule has 0 spiro atoms. The molecule has 2 atom stereocenters. The van der Waals surface area contributed by atoms with Crippen LogP contribution in [0.1, 0.15) is 41.4 Å². The first-order chi connectivity index (χ1) is 20.5. The van der Waals surface area contributed by atoms with Crippen LogP contribution < -0.4 is 15.4 Å². The van der Waals surface area contributed by atoms with Gasteiger partial charge in [0, 0.05) is 24.6 Å². The average Bonchev–Trinajstić information content (AvgIpc) is 3.65. The standard InChI is InChI=1S/C33H38N4O5/c1-22(17-24-11-7-13-27(18-24)40-2)35-26-19-28-29(36-32(38)25-14-16-42-21-25)30(33(39)41-3)37(31(28)34-20-26)15-8-12-23-9-5-4-6-10-23/h4-7,9-11,13,18-20,22,25,35H,8,12,14-17,21H2,1-3H3,(H,36,38). The highest BCUT2D eigenvalue weighted by molar-refractivity contribution is 6.11. The van der Waals surface area contributed by atoms with Crippen molar-refractivity contribution < 1.29 is 23.8 Å². The fourth-order valence-corrected chi connectivity index (χ4v) is 5.50. The van der Waals surface area contributed by atoms with Crippen LogP contribution in [0, 0.1) is 5.92 Å². The zero-order valence-electron chi connectivity index (χ0n) is 24.4. The van der Waals surface area contributed by atoms with Crippen molar-refractivity contribution in [1.82, 2.24) is 9.55 Å². The lowest BCUT2D eigenvalue weighted by Gasteiger charge is -2.16. The number of amides is 1. The highest BCUT2D eigenvalue weighted by atomic mass is 16.5. The molecule has 1 aliphatic rings. The molecule has 2 aromatic heterocycles. The number of ether oxygens (including phenoxy) is 3. The van der Waals surface area contributed by atoms with E-state index in [-0.39, 0.29) is 17.9 Å². The third-order valence-corrected chi connectivity index (χ3v) is 7.60. The first kappa shape index (κ1) is 29.1. The molecule has 1 aliphatic heterocycles. The number of hydrogen-bond donors (Lipinski definition) is 2. The maximum absolute atomic E-state index is 13.2. The van der Waals surface area contributed by atoms with Crippen LogP contribution in [-0.4, -0.2) is 54.9 Å². The molecule has 42 heavy (non-hydrogen) atoms. The number of fused-ring (bicyclic) bond motifs is 1. The van der Waals surface area contributed by atoms with Gasteiger partial charge in [-0.2, -0.15) is 0 Å². The first-order valence-electron chi connectivity index (χ1n) is 14.4. The Morgan fingerprint density at radius 2 is 1.90 bits per heavy atom. The third kappa shape index (κ3) is 6.74. The molecule has 5 rings (SSSR count). The van der Waals surface area contributed by atoms with E-state index in [2.05, 4.69) is 35.8 Å². The molecule has 2 aromatic carbocycles. The third-order valence-electron chi connectivity index (χ3n) is 7.60. The van der Waals surface area contributed by atoms with Crippen LogP contribution in [0.2, 0.25) is 0 Å². The number of carbonyl (C=O) groups excluding carboxylic acids is 2. The van der Waals surface area contributed by atoms with E-state index in [0.717, 1.165) is 36.3 Å². The predicted octanol–water partition coefficient (Wildman–Crippen LogP) is 5.48. The number of methoxy groups -OCH3 is 2. The fraction of sp³-hybridized carbons (Fsp3) is 0.364. The van der Waals surface area contributed by atoms with Crippen molar-refractivity contribution in [3.63, 3.8) is 0 Å². The van der Waals surface area contributed by atoms with Gasteiger partial charge in [-0.1, -0.05) is 42.5 Å². The summed E-state index contributed by atoms with van der Waals surface area (Å²) in [7, 11) is 3.01. The largest absolute Gasteiger partial charge is 0.497 e. The normalized spacial score (nSPS) is 15.4. The number of nitrogens with one attached hydrogen (secondary N) is 2. The molecule has 2 N–H and O–H groups in total. The minimum absolute atomic E-state index is 0.0815. The van der Waals surface area contributed by atoms with Crippen LogP contribution in [0.3, 0.4) is 0 Å². The van der Waals surface area contributed by atoms with E-state index in [1.807, 2.05) is 47.0 Å². The highest BCUT2D eigenvalue weighted by Crippen LogP contribution is 2.34. The Balaban J connectivity index is 1.47. The molecule has 0 bridgehead atoms. The summed E-state index contributed by atoms with van der Waals surface area (Å²) in [5, 5.41) is 7.26. The van der Waals surface area contributed by atoms with Gasteiger partial charge in [0.25, 0.3) is 0 Å². The Morgan fingerprint density at radius 3 is 2.64 bits per heavy atom. The number of carbonyl (C=O) groups is 2. The van der Waals surface area contributed by atoms with Crippen molar-refractivity contribution in [2.24, 2.45) is 5.92 Å². The van der Waals surface area contributed by atoms with Crippen molar-refractivity contribution in [1.29, 1.82) is 0 Å². The zero-order chi connectivity index (χ0) is 29.5. The van der Waals surface area contributed by atoms with Gasteiger partial charge in [-0.15, -0.1) is 0 Å². The minimum atomic E-state index is -0.522. The van der Waals surface area contributed by atoms with E-state index >= 15 is 0 Å². The molecule has 9 nitrogen and oxygen atoms in total. The van der Waals surface area contributed by atoms with E-state index < -0.39 is 5.97 Å². The predicted molar refractivity (Wildman–Crippen MR) is 163 cm³/mol. The van der Waals surface area contributed by atoms with Gasteiger partial charge in [0.1, 0.15) is 11.4 Å². The lowest BCUT2D eigenvalue weighted by Crippen LogP contribution is -2.24. The number of aryl methyl sites for hydroxylation is 2. The van der Waals surface area contributed by atoms with Crippen LogP contribution in [0.5, 0.6) is 5.75 Å². The van der Waals surface area contributed by atoms with Crippen molar-refractivity contribution in [3.05, 3.63) is 83.7 Å². The summed E-state index contributed by atoms with van der Waals surface area (Å²) < 4.78 is 17.9. The van der Waals surface area contributed by atoms with E-state index in [4.69, 9.17) is 19.2 Å². The van der Waals surface area contributed by atoms with Crippen molar-refractivity contribution in [2.75, 3.05) is 38.1 Å². The fourth-order valence-electron chi connectivity index (χ4n) is 5.50. The van der Waals surface area contributed by atoms with Crippen molar-refractivity contribution in [3.8, 4) is 5.75 Å². The van der Waals surface area contributed by atoms with E-state index in [1.165, 1.54) is 12.7 Å². The Hall–Kier alpha value is -4.37. The van der Waals surface area contributed by atoms with Gasteiger partial charge in [0.05, 0.1) is 44.3 Å². The van der Waals surface area contributed by atoms with Crippen LogP contribution in [-0.2, 0) is 33.7 Å². The van der Waals surface area contributed by atoms with Gasteiger partial charge < -0.3 is 29.4 Å². The maximum atomic E-state index is 13.2. The molecule has 1 fully saturated rings. The summed E-state index contributed by atoms with van der Waals surface area (Å²) in [4.78, 5) is 31.2. The second-order valence-corrected chi connectivity index (χ2v) is 10.7. The molecule has 2 unspecified atom stereocenters. The molecule has 9 heteroatoms. The summed E-state index contributed by atoms with van der Waals surface area (Å²) >= 11 is 0. The monoisotopic (exact) mass is 570 g/mol. The van der Waals surface area contributed by atoms with Crippen LogP contribution in [0.4, 0.5) is 11.4 Å². The van der Waals surface area contributed by atoms with Gasteiger partial charge in [0.15, 0.2) is 5.69 Å². The van der Waals surface area contributed by atoms with Gasteiger partial charge in [-0.05, 0) is 61.9 Å². The van der Waals surface area contributed by atoms with Gasteiger partial charge in [-0.25, -0.2) is 9.78 Å². The van der Waals surface area contributed by atoms with Gasteiger partial charge in [-0.3, -0.25) is 4.79 Å². The lowest BCUT2D eigenvalue weighted by molar-refractivity contribution is -0.119. The minimum Gasteiger partial charge on any atom is -0.497 e. The van der Waals surface area contributed by atoms with Crippen molar-refractivity contribution >= 4 is 34.3 Å². The average molecular weight is 571 g/mol. The van der Waals surface area contributed by atoms with Crippen LogP contribution in [0.25, 0.3) is 11.0 Å². The van der Waals surface area contributed by atoms with Crippen LogP contribution >= 0.6 is 0 Å². The molecule has 0 radical (unpaired) electrons. The smallest absolute Gasteiger partial charge is 0.356 e. The number of pyridine rings is 1. The molecule has 4 aromatic rings. The molecule has 3 heterocycles. The second-order valence-electron chi connectivity index (χ2n) is 10.7. The number of rotatable bonds is 12. The number of nitrogens with zero attached hydrogens (tertiary/aromatic N) is 2. The zero-order valence-corrected chi connectivity index (χ0v) is 24.4. The Kier molecular flexibility index (Phi) is 9.38. The Bertz CT molecular complexity index is 1530. The summed E-state index contributed by atoms with van der Waals surface area (Å²) in [6, 6.07) is 20.3. The quantitative estimate of drug-likeness (QED) is 0.217. The summed E-state index contributed by atoms with van der Waals surface area (Å²) in [6.07, 6.45) is 4.80. The van der Waals surface area contributed by atoms with Crippen molar-refractivity contribution in [2.45, 2.75) is 45.2 Å². The van der Waals surface area contributed by atoms with E-state index in [1.54, 1.807) is 13.3 Å². The number of benzene rings is 2. The van der Waals surface area contributed by atoms with Gasteiger partial charge >= 0.3 is 5.97 Å². The van der Waals surface area contributed by atoms with Crippen LogP contribution in [0.15, 0.2) is 66.9 Å². The number of aromatic nitrogens is 2. The summed E-state index contributed by atoms with van der Waals surface area (Å²) in [6.45, 7) is 3.54. The lowest BCUT2D eigenvalue weighted by atomic mass is 10.1. The number of esters is 1. The molecule has 0 saturated carbocycles.